The smallest absolute Gasteiger partial charge is 0.164 e. The summed E-state index contributed by atoms with van der Waals surface area (Å²) in [6.45, 7) is 0. The van der Waals surface area contributed by atoms with Gasteiger partial charge >= 0.3 is 0 Å². The van der Waals surface area contributed by atoms with E-state index in [-0.39, 0.29) is 0 Å². The van der Waals surface area contributed by atoms with E-state index in [1.165, 1.54) is 31.1 Å². The molecule has 0 N–H and O–H groups in total. The average Bonchev–Trinajstić information content (AvgIpc) is 3.49. The van der Waals surface area contributed by atoms with Crippen LogP contribution in [0.3, 0.4) is 0 Å². The van der Waals surface area contributed by atoms with Gasteiger partial charge in [-0.05, 0) is 45.5 Å². The van der Waals surface area contributed by atoms with Crippen LogP contribution < -0.4 is 0 Å². The molecule has 0 saturated carbocycles. The lowest BCUT2D eigenvalue weighted by Crippen LogP contribution is -2.01. The van der Waals surface area contributed by atoms with Gasteiger partial charge in [0.15, 0.2) is 17.5 Å². The van der Waals surface area contributed by atoms with E-state index < -0.39 is 0 Å². The molecule has 0 spiro atoms. The van der Waals surface area contributed by atoms with Crippen molar-refractivity contribution in [3.8, 4) is 45.3 Å². The molecule has 0 aliphatic rings. The van der Waals surface area contributed by atoms with E-state index in [0.29, 0.717) is 17.5 Å². The third-order valence-corrected chi connectivity index (χ3v) is 9.64. The molecular formula is C41H25N3S. The molecule has 0 aliphatic carbocycles. The van der Waals surface area contributed by atoms with Crippen LogP contribution in [-0.2, 0) is 0 Å². The summed E-state index contributed by atoms with van der Waals surface area (Å²) in [6.07, 6.45) is 0. The van der Waals surface area contributed by atoms with Gasteiger partial charge in [-0.2, -0.15) is 0 Å². The van der Waals surface area contributed by atoms with Crippen molar-refractivity contribution in [1.82, 2.24) is 15.0 Å². The predicted octanol–water partition coefficient (Wildman–Crippen LogP) is 11.2. The van der Waals surface area contributed by atoms with Crippen LogP contribution in [0.15, 0.2) is 152 Å². The minimum Gasteiger partial charge on any atom is -0.208 e. The third-order valence-electron chi connectivity index (χ3n) is 8.51. The number of aromatic nitrogens is 3. The van der Waals surface area contributed by atoms with Crippen molar-refractivity contribution in [2.24, 2.45) is 0 Å². The van der Waals surface area contributed by atoms with Crippen LogP contribution in [0.5, 0.6) is 0 Å². The Hall–Kier alpha value is -5.71. The summed E-state index contributed by atoms with van der Waals surface area (Å²) < 4.78 is 2.59. The molecule has 2 aromatic heterocycles. The second kappa shape index (κ2) is 10.5. The molecule has 9 rings (SSSR count). The first kappa shape index (κ1) is 25.8. The maximum Gasteiger partial charge on any atom is 0.164 e. The molecule has 0 aliphatic heterocycles. The molecule has 2 heterocycles. The summed E-state index contributed by atoms with van der Waals surface area (Å²) in [7, 11) is 0. The first-order chi connectivity index (χ1) is 22.3. The van der Waals surface area contributed by atoms with Crippen LogP contribution in [0.4, 0.5) is 0 Å². The minimum atomic E-state index is 0.657. The molecule has 210 valence electrons. The van der Waals surface area contributed by atoms with Crippen molar-refractivity contribution < 1.29 is 0 Å². The summed E-state index contributed by atoms with van der Waals surface area (Å²) in [5, 5.41) is 7.23. The number of hydrogen-bond acceptors (Lipinski definition) is 4. The number of hydrogen-bond donors (Lipinski definition) is 0. The van der Waals surface area contributed by atoms with E-state index >= 15 is 0 Å². The Bertz CT molecular complexity index is 2540. The van der Waals surface area contributed by atoms with Crippen LogP contribution in [0.2, 0.25) is 0 Å². The van der Waals surface area contributed by atoms with Gasteiger partial charge in [-0.25, -0.2) is 15.0 Å². The van der Waals surface area contributed by atoms with Crippen molar-refractivity contribution in [3.05, 3.63) is 152 Å². The number of rotatable bonds is 4. The second-order valence-electron chi connectivity index (χ2n) is 11.3. The second-order valence-corrected chi connectivity index (χ2v) is 12.3. The number of thiophene rings is 1. The molecule has 45 heavy (non-hydrogen) atoms. The van der Waals surface area contributed by atoms with Gasteiger partial charge in [-0.15, -0.1) is 11.3 Å². The largest absolute Gasteiger partial charge is 0.208 e. The Morgan fingerprint density at radius 1 is 0.356 bits per heavy atom. The highest BCUT2D eigenvalue weighted by atomic mass is 32.1. The molecule has 0 unspecified atom stereocenters. The fraction of sp³-hybridized carbons (Fsp3) is 0. The lowest BCUT2D eigenvalue weighted by molar-refractivity contribution is 1.08. The molecule has 9 aromatic rings. The number of benzene rings is 7. The van der Waals surface area contributed by atoms with E-state index in [1.54, 1.807) is 0 Å². The van der Waals surface area contributed by atoms with Crippen molar-refractivity contribution in [2.45, 2.75) is 0 Å². The molecule has 3 nitrogen and oxygen atoms in total. The Morgan fingerprint density at radius 2 is 1.00 bits per heavy atom. The quantitative estimate of drug-likeness (QED) is 0.204. The molecule has 0 radical (unpaired) electrons. The van der Waals surface area contributed by atoms with Gasteiger partial charge in [0, 0.05) is 42.2 Å². The first-order valence-electron chi connectivity index (χ1n) is 15.0. The van der Waals surface area contributed by atoms with Crippen LogP contribution >= 0.6 is 11.3 Å². The summed E-state index contributed by atoms with van der Waals surface area (Å²) in [5.74, 6) is 1.98. The van der Waals surface area contributed by atoms with E-state index in [0.717, 1.165) is 38.4 Å². The maximum absolute atomic E-state index is 5.15. The summed E-state index contributed by atoms with van der Waals surface area (Å²) in [5.41, 5.74) is 5.25. The Kier molecular flexibility index (Phi) is 6.00. The van der Waals surface area contributed by atoms with Gasteiger partial charge in [-0.1, -0.05) is 133 Å². The maximum atomic E-state index is 5.15. The molecular weight excluding hydrogens is 567 g/mol. The fourth-order valence-corrected chi connectivity index (χ4v) is 7.48. The van der Waals surface area contributed by atoms with Crippen LogP contribution in [0, 0.1) is 0 Å². The standard InChI is InChI=1S/C41H25N3S/c1-2-11-28(12-3-1)39-42-40(31-21-20-26-10-4-5-13-29(26)24-31)44-41(43-39)35-18-9-15-27-14-8-17-32(38(27)35)30-22-23-34-33-16-6-7-19-36(33)45-37(34)25-30/h1-25H. The van der Waals surface area contributed by atoms with Crippen molar-refractivity contribution in [2.75, 3.05) is 0 Å². The number of nitrogens with zero attached hydrogens (tertiary/aromatic N) is 3. The molecule has 0 bridgehead atoms. The zero-order valence-electron chi connectivity index (χ0n) is 24.2. The van der Waals surface area contributed by atoms with Gasteiger partial charge in [0.2, 0.25) is 0 Å². The SMILES string of the molecule is c1ccc(-c2nc(-c3ccc4ccccc4c3)nc(-c3cccc4cccc(-c5ccc6c(c5)sc5ccccc56)c34)n2)cc1. The third kappa shape index (κ3) is 4.46. The molecule has 0 saturated heterocycles. The van der Waals surface area contributed by atoms with Gasteiger partial charge < -0.3 is 0 Å². The Balaban J connectivity index is 1.28. The molecule has 0 atom stereocenters. The topological polar surface area (TPSA) is 38.7 Å². The Morgan fingerprint density at radius 3 is 1.87 bits per heavy atom. The first-order valence-corrected chi connectivity index (χ1v) is 15.8. The van der Waals surface area contributed by atoms with Gasteiger partial charge in [0.05, 0.1) is 0 Å². The molecule has 7 aromatic carbocycles. The number of fused-ring (bicyclic) bond motifs is 5. The highest BCUT2D eigenvalue weighted by Gasteiger charge is 2.17. The molecule has 0 fully saturated rings. The van der Waals surface area contributed by atoms with Crippen molar-refractivity contribution in [1.29, 1.82) is 0 Å². The Labute approximate surface area is 264 Å². The zero-order chi connectivity index (χ0) is 29.7. The van der Waals surface area contributed by atoms with Crippen LogP contribution in [0.25, 0.3) is 87.0 Å². The van der Waals surface area contributed by atoms with Gasteiger partial charge in [0.25, 0.3) is 0 Å². The normalized spacial score (nSPS) is 11.6. The zero-order valence-corrected chi connectivity index (χ0v) is 25.0. The van der Waals surface area contributed by atoms with Gasteiger partial charge in [0.1, 0.15) is 0 Å². The van der Waals surface area contributed by atoms with Gasteiger partial charge in [-0.3, -0.25) is 0 Å². The average molecular weight is 592 g/mol. The predicted molar refractivity (Wildman–Crippen MR) is 189 cm³/mol. The summed E-state index contributed by atoms with van der Waals surface area (Å²) in [4.78, 5) is 15.3. The molecule has 4 heteroatoms. The lowest BCUT2D eigenvalue weighted by Gasteiger charge is -2.14. The van der Waals surface area contributed by atoms with Crippen LogP contribution in [0.1, 0.15) is 0 Å². The van der Waals surface area contributed by atoms with Crippen molar-refractivity contribution >= 4 is 53.1 Å². The highest BCUT2D eigenvalue weighted by molar-refractivity contribution is 7.25. The van der Waals surface area contributed by atoms with E-state index in [2.05, 4.69) is 133 Å². The fourth-order valence-electron chi connectivity index (χ4n) is 6.33. The lowest BCUT2D eigenvalue weighted by atomic mass is 9.93. The van der Waals surface area contributed by atoms with Crippen molar-refractivity contribution in [3.63, 3.8) is 0 Å². The van der Waals surface area contributed by atoms with E-state index in [1.807, 2.05) is 29.5 Å². The highest BCUT2D eigenvalue weighted by Crippen LogP contribution is 2.40. The summed E-state index contributed by atoms with van der Waals surface area (Å²) >= 11 is 1.84. The monoisotopic (exact) mass is 591 g/mol. The molecule has 0 amide bonds. The minimum absolute atomic E-state index is 0.657. The summed E-state index contributed by atoms with van der Waals surface area (Å²) in [6, 6.07) is 53.4. The van der Waals surface area contributed by atoms with Crippen LogP contribution in [-0.4, -0.2) is 15.0 Å². The van der Waals surface area contributed by atoms with E-state index in [9.17, 15) is 0 Å². The van der Waals surface area contributed by atoms with E-state index in [4.69, 9.17) is 15.0 Å².